The number of fused-ring (bicyclic) bond motifs is 5. The van der Waals surface area contributed by atoms with Gasteiger partial charge in [-0.05, 0) is 57.2 Å². The zero-order chi connectivity index (χ0) is 17.6. The lowest BCUT2D eigenvalue weighted by Gasteiger charge is -2.18. The smallest absolute Gasteiger partial charge is 0.339 e. The summed E-state index contributed by atoms with van der Waals surface area (Å²) in [4.78, 5) is 23.9. The van der Waals surface area contributed by atoms with Crippen molar-refractivity contribution in [2.24, 2.45) is 0 Å². The van der Waals surface area contributed by atoms with Crippen molar-refractivity contribution in [3.63, 3.8) is 0 Å². The Bertz CT molecular complexity index is 1050. The van der Waals surface area contributed by atoms with Crippen LogP contribution in [-0.2, 0) is 17.6 Å². The number of ether oxygens (including phenoxy) is 1. The molecule has 1 atom stereocenters. The number of carbonyl (C=O) groups is 1. The summed E-state index contributed by atoms with van der Waals surface area (Å²) in [6.07, 6.45) is 3.34. The molecule has 1 aliphatic carbocycles. The molecule has 0 radical (unpaired) electrons. The van der Waals surface area contributed by atoms with Crippen LogP contribution >= 0.6 is 0 Å². The second kappa shape index (κ2) is 6.03. The third kappa shape index (κ3) is 2.62. The van der Waals surface area contributed by atoms with Crippen LogP contribution in [0.15, 0.2) is 39.5 Å². The lowest BCUT2D eigenvalue weighted by Crippen LogP contribution is -2.20. The Morgan fingerprint density at radius 2 is 1.76 bits per heavy atom. The molecule has 0 fully saturated rings. The van der Waals surface area contributed by atoms with Crippen molar-refractivity contribution in [1.29, 1.82) is 0 Å². The quantitative estimate of drug-likeness (QED) is 0.532. The van der Waals surface area contributed by atoms with Crippen LogP contribution in [0, 0.1) is 0 Å². The Morgan fingerprint density at radius 1 is 1.04 bits per heavy atom. The van der Waals surface area contributed by atoms with Crippen molar-refractivity contribution in [2.45, 2.75) is 45.6 Å². The van der Waals surface area contributed by atoms with Crippen LogP contribution in [0.2, 0.25) is 0 Å². The van der Waals surface area contributed by atoms with Gasteiger partial charge in [0.1, 0.15) is 11.3 Å². The fraction of sp³-hybridized carbons (Fsp3) is 0.333. The van der Waals surface area contributed by atoms with Gasteiger partial charge in [0, 0.05) is 21.7 Å². The number of ketones is 1. The topological polar surface area (TPSA) is 56.5 Å². The number of hydrogen-bond donors (Lipinski definition) is 0. The van der Waals surface area contributed by atoms with E-state index < -0.39 is 6.10 Å². The lowest BCUT2D eigenvalue weighted by molar-refractivity contribution is -0.122. The highest BCUT2D eigenvalue weighted by molar-refractivity contribution is 6.07. The average Bonchev–Trinajstić information content (AvgIpc) is 2.62. The van der Waals surface area contributed by atoms with E-state index in [4.69, 9.17) is 9.15 Å². The van der Waals surface area contributed by atoms with Crippen LogP contribution in [0.1, 0.15) is 37.8 Å². The van der Waals surface area contributed by atoms with Crippen molar-refractivity contribution in [2.75, 3.05) is 0 Å². The van der Waals surface area contributed by atoms with E-state index in [1.807, 2.05) is 30.3 Å². The molecule has 4 rings (SSSR count). The monoisotopic (exact) mass is 336 g/mol. The molecule has 0 spiro atoms. The molecule has 0 amide bonds. The van der Waals surface area contributed by atoms with Crippen LogP contribution < -0.4 is 10.4 Å². The first-order valence-corrected chi connectivity index (χ1v) is 8.73. The molecule has 2 aromatic carbocycles. The normalized spacial score (nSPS) is 15.1. The van der Waals surface area contributed by atoms with E-state index >= 15 is 0 Å². The molecule has 4 heteroatoms. The third-order valence-corrected chi connectivity index (χ3v) is 5.08. The molecule has 0 aliphatic heterocycles. The van der Waals surface area contributed by atoms with E-state index in [2.05, 4.69) is 0 Å². The highest BCUT2D eigenvalue weighted by Gasteiger charge is 2.20. The molecule has 0 N–H and O–H groups in total. The fourth-order valence-electron chi connectivity index (χ4n) is 3.61. The van der Waals surface area contributed by atoms with E-state index in [-0.39, 0.29) is 11.4 Å². The van der Waals surface area contributed by atoms with Gasteiger partial charge in [-0.1, -0.05) is 18.2 Å². The number of hydrogen-bond acceptors (Lipinski definition) is 4. The molecular formula is C21H20O4. The third-order valence-electron chi connectivity index (χ3n) is 5.08. The maximum absolute atomic E-state index is 12.4. The predicted molar refractivity (Wildman–Crippen MR) is 97.4 cm³/mol. The van der Waals surface area contributed by atoms with E-state index in [1.165, 1.54) is 6.92 Å². The Kier molecular flexibility index (Phi) is 3.83. The molecule has 1 aliphatic rings. The Morgan fingerprint density at radius 3 is 2.52 bits per heavy atom. The zero-order valence-electron chi connectivity index (χ0n) is 14.4. The first-order valence-electron chi connectivity index (χ1n) is 8.73. The van der Waals surface area contributed by atoms with E-state index in [9.17, 15) is 9.59 Å². The lowest BCUT2D eigenvalue weighted by atomic mass is 9.90. The molecular weight excluding hydrogens is 316 g/mol. The Balaban J connectivity index is 1.97. The molecule has 3 aromatic rings. The standard InChI is InChI=1S/C21H20O4/c1-12(22)13(2)24-19-9-5-8-16-15(19)10-11-17-14-6-3-4-7-18(14)21(23)25-20(16)17/h5,8-11,13H,3-4,6-7H2,1-2H3. The van der Waals surface area contributed by atoms with Gasteiger partial charge in [0.25, 0.3) is 0 Å². The van der Waals surface area contributed by atoms with Crippen molar-refractivity contribution in [1.82, 2.24) is 0 Å². The fourth-order valence-corrected chi connectivity index (χ4v) is 3.61. The highest BCUT2D eigenvalue weighted by atomic mass is 16.5. The average molecular weight is 336 g/mol. The van der Waals surface area contributed by atoms with E-state index in [1.54, 1.807) is 6.92 Å². The van der Waals surface area contributed by atoms with Crippen LogP contribution in [0.3, 0.4) is 0 Å². The van der Waals surface area contributed by atoms with Gasteiger partial charge in [-0.25, -0.2) is 4.79 Å². The second-order valence-corrected chi connectivity index (χ2v) is 6.72. The molecule has 1 unspecified atom stereocenters. The summed E-state index contributed by atoms with van der Waals surface area (Å²) in [7, 11) is 0. The van der Waals surface area contributed by atoms with Crippen LogP contribution in [0.5, 0.6) is 5.75 Å². The maximum atomic E-state index is 12.4. The SMILES string of the molecule is CC(=O)C(C)Oc1cccc2c1ccc1c3c(c(=O)oc12)CCCC3. The number of Topliss-reactive ketones (excluding diaryl/α,β-unsaturated/α-hetero) is 1. The van der Waals surface area contributed by atoms with Gasteiger partial charge in [0.15, 0.2) is 11.9 Å². The number of carbonyl (C=O) groups excluding carboxylic acids is 1. The first kappa shape index (κ1) is 15.9. The minimum atomic E-state index is -0.517. The predicted octanol–water partition coefficient (Wildman–Crippen LogP) is 4.18. The van der Waals surface area contributed by atoms with Crippen molar-refractivity contribution in [3.05, 3.63) is 51.9 Å². The Labute approximate surface area is 145 Å². The first-order chi connectivity index (χ1) is 12.1. The van der Waals surface area contributed by atoms with Crippen molar-refractivity contribution in [3.8, 4) is 5.75 Å². The molecule has 1 heterocycles. The van der Waals surface area contributed by atoms with E-state index in [0.717, 1.165) is 53.0 Å². The van der Waals surface area contributed by atoms with Gasteiger partial charge >= 0.3 is 5.63 Å². The summed E-state index contributed by atoms with van der Waals surface area (Å²) < 4.78 is 11.5. The zero-order valence-corrected chi connectivity index (χ0v) is 14.4. The van der Waals surface area contributed by atoms with Gasteiger partial charge in [0.2, 0.25) is 0 Å². The summed E-state index contributed by atoms with van der Waals surface area (Å²) in [6, 6.07) is 9.64. The molecule has 25 heavy (non-hydrogen) atoms. The van der Waals surface area contributed by atoms with Crippen LogP contribution in [0.25, 0.3) is 21.7 Å². The summed E-state index contributed by atoms with van der Waals surface area (Å²) in [5.41, 5.74) is 2.35. The summed E-state index contributed by atoms with van der Waals surface area (Å²) >= 11 is 0. The largest absolute Gasteiger partial charge is 0.482 e. The molecule has 0 saturated heterocycles. The van der Waals surface area contributed by atoms with Gasteiger partial charge in [-0.3, -0.25) is 4.79 Å². The molecule has 4 nitrogen and oxygen atoms in total. The van der Waals surface area contributed by atoms with Crippen LogP contribution in [-0.4, -0.2) is 11.9 Å². The Hall–Kier alpha value is -2.62. The molecule has 1 aromatic heterocycles. The van der Waals surface area contributed by atoms with Gasteiger partial charge in [-0.2, -0.15) is 0 Å². The van der Waals surface area contributed by atoms with Crippen molar-refractivity contribution >= 4 is 27.5 Å². The maximum Gasteiger partial charge on any atom is 0.339 e. The minimum Gasteiger partial charge on any atom is -0.482 e. The number of aryl methyl sites for hydroxylation is 1. The van der Waals surface area contributed by atoms with Crippen LogP contribution in [0.4, 0.5) is 0 Å². The summed E-state index contributed by atoms with van der Waals surface area (Å²) in [6.45, 7) is 3.25. The van der Waals surface area contributed by atoms with Gasteiger partial charge < -0.3 is 9.15 Å². The summed E-state index contributed by atoms with van der Waals surface area (Å²) in [5, 5.41) is 2.71. The highest BCUT2D eigenvalue weighted by Crippen LogP contribution is 2.35. The second-order valence-electron chi connectivity index (χ2n) is 6.72. The van der Waals surface area contributed by atoms with Gasteiger partial charge in [-0.15, -0.1) is 0 Å². The molecule has 128 valence electrons. The number of rotatable bonds is 3. The molecule has 0 bridgehead atoms. The van der Waals surface area contributed by atoms with E-state index in [0.29, 0.717) is 11.3 Å². The summed E-state index contributed by atoms with van der Waals surface area (Å²) in [5.74, 6) is 0.598. The number of benzene rings is 2. The van der Waals surface area contributed by atoms with Crippen molar-refractivity contribution < 1.29 is 13.9 Å². The molecule has 0 saturated carbocycles. The van der Waals surface area contributed by atoms with Gasteiger partial charge in [0.05, 0.1) is 0 Å². The minimum absolute atomic E-state index is 0.0293.